The summed E-state index contributed by atoms with van der Waals surface area (Å²) in [6.07, 6.45) is 3.51. The Morgan fingerprint density at radius 1 is 0.476 bits per heavy atom. The van der Waals surface area contributed by atoms with Crippen LogP contribution in [0.5, 0.6) is 34.5 Å². The standard InChI is InChI=1S/C33H31N3O6/c1-37-28-11-20(12-29(38-2)32(28)41-5)18-34-24-9-7-22-15-23-8-10-25(17-27(23)36-26(22)16-24)35-19-21-13-30(39-3)33(42-6)31(14-21)40-4/h7-19H,1-6H3. The number of hydrogen-bond acceptors (Lipinski definition) is 9. The molecule has 0 saturated heterocycles. The first-order chi connectivity index (χ1) is 20.5. The number of aromatic nitrogens is 1. The molecule has 0 bridgehead atoms. The van der Waals surface area contributed by atoms with Gasteiger partial charge in [-0.1, -0.05) is 12.1 Å². The highest BCUT2D eigenvalue weighted by Crippen LogP contribution is 2.39. The van der Waals surface area contributed by atoms with Gasteiger partial charge in [-0.15, -0.1) is 0 Å². The summed E-state index contributed by atoms with van der Waals surface area (Å²) in [4.78, 5) is 14.2. The van der Waals surface area contributed by atoms with Crippen molar-refractivity contribution in [1.29, 1.82) is 0 Å². The molecule has 5 aromatic rings. The largest absolute Gasteiger partial charge is 0.493 e. The van der Waals surface area contributed by atoms with E-state index in [1.165, 1.54) is 0 Å². The number of pyridine rings is 1. The van der Waals surface area contributed by atoms with Crippen LogP contribution in [0, 0.1) is 0 Å². The lowest BCUT2D eigenvalue weighted by molar-refractivity contribution is 0.324. The third-order valence-electron chi connectivity index (χ3n) is 6.68. The van der Waals surface area contributed by atoms with Gasteiger partial charge < -0.3 is 28.4 Å². The van der Waals surface area contributed by atoms with Crippen molar-refractivity contribution in [2.24, 2.45) is 9.98 Å². The molecule has 9 nitrogen and oxygen atoms in total. The molecule has 5 rings (SSSR count). The molecule has 0 N–H and O–H groups in total. The molecule has 0 aliphatic rings. The molecule has 42 heavy (non-hydrogen) atoms. The second-order valence-corrected chi connectivity index (χ2v) is 9.18. The first-order valence-electron chi connectivity index (χ1n) is 13.0. The van der Waals surface area contributed by atoms with Gasteiger partial charge in [-0.2, -0.15) is 0 Å². The lowest BCUT2D eigenvalue weighted by Gasteiger charge is -2.12. The van der Waals surface area contributed by atoms with Gasteiger partial charge >= 0.3 is 0 Å². The van der Waals surface area contributed by atoms with Crippen LogP contribution < -0.4 is 28.4 Å². The first-order valence-corrected chi connectivity index (χ1v) is 13.0. The maximum atomic E-state index is 5.45. The minimum absolute atomic E-state index is 0.533. The summed E-state index contributed by atoms with van der Waals surface area (Å²) in [6, 6.07) is 21.3. The number of fused-ring (bicyclic) bond motifs is 2. The van der Waals surface area contributed by atoms with E-state index in [0.717, 1.165) is 44.3 Å². The molecular formula is C33H31N3O6. The monoisotopic (exact) mass is 565 g/mol. The summed E-state index contributed by atoms with van der Waals surface area (Å²) in [5.41, 5.74) is 4.80. The Labute approximate surface area is 244 Å². The average molecular weight is 566 g/mol. The fourth-order valence-corrected chi connectivity index (χ4v) is 4.61. The molecule has 0 amide bonds. The summed E-state index contributed by atoms with van der Waals surface area (Å²) < 4.78 is 32.6. The van der Waals surface area contributed by atoms with Crippen molar-refractivity contribution in [3.05, 3.63) is 77.9 Å². The van der Waals surface area contributed by atoms with Gasteiger partial charge in [-0.05, 0) is 54.6 Å². The van der Waals surface area contributed by atoms with E-state index in [0.29, 0.717) is 34.5 Å². The quantitative estimate of drug-likeness (QED) is 0.134. The highest BCUT2D eigenvalue weighted by atomic mass is 16.5. The van der Waals surface area contributed by atoms with Crippen molar-refractivity contribution >= 4 is 45.6 Å². The minimum atomic E-state index is 0.533. The van der Waals surface area contributed by atoms with Gasteiger partial charge in [0.25, 0.3) is 0 Å². The van der Waals surface area contributed by atoms with E-state index < -0.39 is 0 Å². The molecule has 1 aromatic heterocycles. The third-order valence-corrected chi connectivity index (χ3v) is 6.68. The zero-order chi connectivity index (χ0) is 29.6. The molecular weight excluding hydrogens is 534 g/mol. The van der Waals surface area contributed by atoms with Crippen LogP contribution in [-0.2, 0) is 0 Å². The summed E-state index contributed by atoms with van der Waals surface area (Å²) in [6.45, 7) is 0. The number of nitrogens with zero attached hydrogens (tertiary/aromatic N) is 3. The van der Waals surface area contributed by atoms with E-state index >= 15 is 0 Å². The Bertz CT molecular complexity index is 1640. The number of ether oxygens (including phenoxy) is 6. The molecule has 0 aliphatic heterocycles. The van der Waals surface area contributed by atoms with Crippen LogP contribution in [0.25, 0.3) is 21.8 Å². The first kappa shape index (κ1) is 28.2. The third kappa shape index (κ3) is 5.76. The summed E-state index contributed by atoms with van der Waals surface area (Å²) in [7, 11) is 9.49. The Morgan fingerprint density at radius 3 is 1.19 bits per heavy atom. The SMILES string of the molecule is COc1cc(C=Nc2ccc3cc4ccc(N=Cc5cc(OC)c(OC)c(OC)c5)cc4nc3c2)cc(OC)c1OC. The van der Waals surface area contributed by atoms with Crippen LogP contribution in [-0.4, -0.2) is 60.1 Å². The lowest BCUT2D eigenvalue weighted by Crippen LogP contribution is -1.96. The molecule has 4 aromatic carbocycles. The van der Waals surface area contributed by atoms with E-state index in [2.05, 4.69) is 16.1 Å². The van der Waals surface area contributed by atoms with Crippen molar-refractivity contribution in [2.75, 3.05) is 42.7 Å². The molecule has 0 unspecified atom stereocenters. The van der Waals surface area contributed by atoms with Crippen molar-refractivity contribution in [3.8, 4) is 34.5 Å². The van der Waals surface area contributed by atoms with Gasteiger partial charge in [0, 0.05) is 34.3 Å². The van der Waals surface area contributed by atoms with Crippen molar-refractivity contribution in [1.82, 2.24) is 4.98 Å². The van der Waals surface area contributed by atoms with E-state index in [1.54, 1.807) is 55.1 Å². The smallest absolute Gasteiger partial charge is 0.203 e. The predicted molar refractivity (Wildman–Crippen MR) is 166 cm³/mol. The summed E-state index contributed by atoms with van der Waals surface area (Å²) >= 11 is 0. The Morgan fingerprint density at radius 2 is 0.857 bits per heavy atom. The highest BCUT2D eigenvalue weighted by molar-refractivity contribution is 5.96. The summed E-state index contributed by atoms with van der Waals surface area (Å²) in [5, 5.41) is 2.03. The van der Waals surface area contributed by atoms with Crippen LogP contribution in [0.3, 0.4) is 0 Å². The fraction of sp³-hybridized carbons (Fsp3) is 0.182. The molecule has 214 valence electrons. The minimum Gasteiger partial charge on any atom is -0.493 e. The fourth-order valence-electron chi connectivity index (χ4n) is 4.61. The van der Waals surface area contributed by atoms with Gasteiger partial charge in [0.15, 0.2) is 23.0 Å². The van der Waals surface area contributed by atoms with E-state index in [9.17, 15) is 0 Å². The van der Waals surface area contributed by atoms with Crippen LogP contribution >= 0.6 is 0 Å². The average Bonchev–Trinajstić information content (AvgIpc) is 3.03. The molecule has 0 fully saturated rings. The molecule has 0 atom stereocenters. The zero-order valence-corrected chi connectivity index (χ0v) is 24.3. The highest BCUT2D eigenvalue weighted by Gasteiger charge is 2.13. The van der Waals surface area contributed by atoms with Gasteiger partial charge in [0.2, 0.25) is 11.5 Å². The molecule has 0 spiro atoms. The summed E-state index contributed by atoms with van der Waals surface area (Å²) in [5.74, 6) is 3.32. The van der Waals surface area contributed by atoms with Gasteiger partial charge in [-0.25, -0.2) is 4.98 Å². The van der Waals surface area contributed by atoms with Crippen molar-refractivity contribution in [3.63, 3.8) is 0 Å². The number of hydrogen-bond donors (Lipinski definition) is 0. The normalized spacial score (nSPS) is 11.4. The predicted octanol–water partition coefficient (Wildman–Crippen LogP) is 6.94. The second kappa shape index (κ2) is 12.5. The number of rotatable bonds is 10. The van der Waals surface area contributed by atoms with Crippen LogP contribution in [0.4, 0.5) is 11.4 Å². The number of benzene rings is 4. The topological polar surface area (TPSA) is 93.0 Å². The van der Waals surface area contributed by atoms with Gasteiger partial charge in [0.05, 0.1) is 65.1 Å². The Hall–Kier alpha value is -5.31. The van der Waals surface area contributed by atoms with Crippen molar-refractivity contribution in [2.45, 2.75) is 0 Å². The molecule has 0 radical (unpaired) electrons. The van der Waals surface area contributed by atoms with E-state index in [4.69, 9.17) is 33.4 Å². The van der Waals surface area contributed by atoms with Crippen LogP contribution in [0.2, 0.25) is 0 Å². The van der Waals surface area contributed by atoms with Crippen LogP contribution in [0.1, 0.15) is 11.1 Å². The number of aliphatic imine (C=N–C) groups is 2. The molecule has 1 heterocycles. The molecule has 9 heteroatoms. The van der Waals surface area contributed by atoms with Gasteiger partial charge in [-0.3, -0.25) is 9.98 Å². The van der Waals surface area contributed by atoms with E-state index in [-0.39, 0.29) is 0 Å². The second-order valence-electron chi connectivity index (χ2n) is 9.18. The van der Waals surface area contributed by atoms with Crippen molar-refractivity contribution < 1.29 is 28.4 Å². The zero-order valence-electron chi connectivity index (χ0n) is 24.3. The van der Waals surface area contributed by atoms with Crippen LogP contribution in [0.15, 0.2) is 76.7 Å². The Kier molecular flexibility index (Phi) is 8.38. The van der Waals surface area contributed by atoms with Gasteiger partial charge in [0.1, 0.15) is 0 Å². The molecule has 0 aliphatic carbocycles. The maximum absolute atomic E-state index is 5.45. The maximum Gasteiger partial charge on any atom is 0.203 e. The molecule has 0 saturated carbocycles. The Balaban J connectivity index is 1.44. The van der Waals surface area contributed by atoms with E-state index in [1.807, 2.05) is 60.7 Å². The number of methoxy groups -OCH3 is 6. The lowest BCUT2D eigenvalue weighted by atomic mass is 10.1.